The van der Waals surface area contributed by atoms with Crippen molar-refractivity contribution in [1.82, 2.24) is 10.2 Å². The van der Waals surface area contributed by atoms with Gasteiger partial charge < -0.3 is 20.4 Å². The van der Waals surface area contributed by atoms with Crippen LogP contribution in [0.4, 0.5) is 0 Å². The van der Waals surface area contributed by atoms with E-state index in [4.69, 9.17) is 0 Å². The van der Waals surface area contributed by atoms with E-state index in [1.54, 1.807) is 42.5 Å². The van der Waals surface area contributed by atoms with Crippen molar-refractivity contribution < 1.29 is 24.6 Å². The lowest BCUT2D eigenvalue weighted by Gasteiger charge is -2.30. The topological polar surface area (TPSA) is 107 Å². The fourth-order valence-electron chi connectivity index (χ4n) is 3.49. The number of hydrogen-bond donors (Lipinski definition) is 4. The van der Waals surface area contributed by atoms with Crippen LogP contribution in [0, 0.1) is 0 Å². The molecule has 3 atom stereocenters. The molecule has 2 amide bonds. The van der Waals surface area contributed by atoms with E-state index in [1.165, 1.54) is 22.7 Å². The summed E-state index contributed by atoms with van der Waals surface area (Å²) in [6, 6.07) is 13.7. The number of aliphatic carboxylic acids is 1. The second kappa shape index (κ2) is 10.6. The molecule has 3 N–H and O–H groups in total. The number of benzene rings is 2. The highest BCUT2D eigenvalue weighted by Gasteiger charge is 2.43. The van der Waals surface area contributed by atoms with Crippen molar-refractivity contribution in [2.24, 2.45) is 0 Å². The van der Waals surface area contributed by atoms with E-state index in [9.17, 15) is 24.6 Å². The van der Waals surface area contributed by atoms with Gasteiger partial charge in [-0.25, -0.2) is 4.79 Å². The van der Waals surface area contributed by atoms with Gasteiger partial charge in [0.1, 0.15) is 23.2 Å². The van der Waals surface area contributed by atoms with Crippen LogP contribution in [0.25, 0.3) is 0 Å². The third kappa shape index (κ3) is 5.54. The van der Waals surface area contributed by atoms with E-state index in [0.29, 0.717) is 17.1 Å². The number of aromatic hydroxyl groups is 1. The van der Waals surface area contributed by atoms with Crippen LogP contribution in [-0.4, -0.2) is 56.5 Å². The third-order valence-electron chi connectivity index (χ3n) is 5.02. The molecule has 0 bridgehead atoms. The zero-order valence-corrected chi connectivity index (χ0v) is 18.4. The number of amides is 2. The molecule has 1 aliphatic rings. The first kappa shape index (κ1) is 23.0. The SMILES string of the molecule is O=C(O)C(Cc1ccccc1)NC(=O)[C@@H]1CS[C@H](c2ccccc2O)N1C(=O)CCS. The summed E-state index contributed by atoms with van der Waals surface area (Å²) in [5.74, 6) is -1.30. The Balaban J connectivity index is 1.81. The molecule has 1 unspecified atom stereocenters. The van der Waals surface area contributed by atoms with E-state index in [0.717, 1.165) is 5.56 Å². The van der Waals surface area contributed by atoms with E-state index in [2.05, 4.69) is 17.9 Å². The van der Waals surface area contributed by atoms with Gasteiger partial charge in [-0.15, -0.1) is 11.8 Å². The lowest BCUT2D eigenvalue weighted by molar-refractivity contribution is -0.144. The van der Waals surface area contributed by atoms with E-state index in [1.807, 2.05) is 6.07 Å². The molecule has 1 saturated heterocycles. The summed E-state index contributed by atoms with van der Waals surface area (Å²) in [5.41, 5.74) is 1.32. The number of thiol groups is 1. The standard InChI is InChI=1S/C22H24N2O5S2/c25-18-9-5-4-8-15(18)21-24(19(26)10-11-30)17(13-31-21)20(27)23-16(22(28)29)12-14-6-2-1-3-7-14/h1-9,16-17,21,25,30H,10-13H2,(H,23,27)(H,28,29)/t16?,17-,21+/m0/s1. The van der Waals surface area contributed by atoms with Crippen molar-refractivity contribution in [2.45, 2.75) is 30.3 Å². The molecule has 31 heavy (non-hydrogen) atoms. The Bertz CT molecular complexity index is 941. The second-order valence-corrected chi connectivity index (χ2v) is 8.68. The van der Waals surface area contributed by atoms with Crippen molar-refractivity contribution in [3.05, 3.63) is 65.7 Å². The molecule has 9 heteroatoms. The van der Waals surface area contributed by atoms with Crippen LogP contribution in [0.2, 0.25) is 0 Å². The highest BCUT2D eigenvalue weighted by Crippen LogP contribution is 2.44. The first-order valence-electron chi connectivity index (χ1n) is 9.81. The van der Waals surface area contributed by atoms with Crippen LogP contribution in [0.5, 0.6) is 5.75 Å². The molecule has 0 radical (unpaired) electrons. The minimum absolute atomic E-state index is 0.0391. The third-order valence-corrected chi connectivity index (χ3v) is 6.55. The number of nitrogens with one attached hydrogen (secondary N) is 1. The number of carboxylic acids is 1. The highest BCUT2D eigenvalue weighted by molar-refractivity contribution is 7.99. The van der Waals surface area contributed by atoms with Gasteiger partial charge in [0, 0.05) is 24.2 Å². The van der Waals surface area contributed by atoms with E-state index < -0.39 is 29.3 Å². The van der Waals surface area contributed by atoms with Gasteiger partial charge in [0.2, 0.25) is 11.8 Å². The van der Waals surface area contributed by atoms with Gasteiger partial charge in [-0.2, -0.15) is 12.6 Å². The van der Waals surface area contributed by atoms with Gasteiger partial charge >= 0.3 is 5.97 Å². The average molecular weight is 461 g/mol. The first-order chi connectivity index (χ1) is 14.9. The summed E-state index contributed by atoms with van der Waals surface area (Å²) >= 11 is 5.49. The molecular formula is C22H24N2O5S2. The summed E-state index contributed by atoms with van der Waals surface area (Å²) in [5, 5.41) is 21.9. The first-order valence-corrected chi connectivity index (χ1v) is 11.5. The molecule has 7 nitrogen and oxygen atoms in total. The maximum absolute atomic E-state index is 13.1. The van der Waals surface area contributed by atoms with Gasteiger partial charge in [-0.05, 0) is 17.4 Å². The molecule has 2 aromatic carbocycles. The molecule has 0 aromatic heterocycles. The minimum atomic E-state index is -1.15. The van der Waals surface area contributed by atoms with Gasteiger partial charge in [-0.1, -0.05) is 48.5 Å². The molecule has 0 aliphatic carbocycles. The number of phenolic OH excluding ortho intramolecular Hbond substituents is 1. The predicted molar refractivity (Wildman–Crippen MR) is 122 cm³/mol. The normalized spacial score (nSPS) is 19.1. The maximum atomic E-state index is 13.1. The predicted octanol–water partition coefficient (Wildman–Crippen LogP) is 2.47. The van der Waals surface area contributed by atoms with Crippen LogP contribution < -0.4 is 5.32 Å². The average Bonchev–Trinajstić information content (AvgIpc) is 3.19. The Morgan fingerprint density at radius 2 is 1.81 bits per heavy atom. The second-order valence-electron chi connectivity index (χ2n) is 7.12. The fourth-order valence-corrected chi connectivity index (χ4v) is 5.16. The number of thioether (sulfide) groups is 1. The van der Waals surface area contributed by atoms with Crippen LogP contribution in [0.15, 0.2) is 54.6 Å². The fraction of sp³-hybridized carbons (Fsp3) is 0.318. The summed E-state index contributed by atoms with van der Waals surface area (Å²) in [7, 11) is 0. The zero-order valence-electron chi connectivity index (χ0n) is 16.7. The van der Waals surface area contributed by atoms with Crippen LogP contribution in [0.3, 0.4) is 0 Å². The molecule has 0 spiro atoms. The highest BCUT2D eigenvalue weighted by atomic mass is 32.2. The number of hydrogen-bond acceptors (Lipinski definition) is 6. The largest absolute Gasteiger partial charge is 0.508 e. The Morgan fingerprint density at radius 3 is 2.45 bits per heavy atom. The molecule has 1 fully saturated rings. The number of nitrogens with zero attached hydrogens (tertiary/aromatic N) is 1. The number of rotatable bonds is 8. The van der Waals surface area contributed by atoms with Gasteiger partial charge in [0.25, 0.3) is 0 Å². The van der Waals surface area contributed by atoms with Crippen LogP contribution in [0.1, 0.15) is 22.9 Å². The molecule has 1 aliphatic heterocycles. The summed E-state index contributed by atoms with van der Waals surface area (Å²) in [4.78, 5) is 39.1. The lowest BCUT2D eigenvalue weighted by Crippen LogP contribution is -2.52. The summed E-state index contributed by atoms with van der Waals surface area (Å²) < 4.78 is 0. The molecular weight excluding hydrogens is 436 g/mol. The maximum Gasteiger partial charge on any atom is 0.326 e. The van der Waals surface area contributed by atoms with Crippen molar-refractivity contribution in [3.8, 4) is 5.75 Å². The Labute approximate surface area is 190 Å². The Morgan fingerprint density at radius 1 is 1.13 bits per heavy atom. The molecule has 2 aromatic rings. The van der Waals surface area contributed by atoms with Gasteiger partial charge in [0.15, 0.2) is 0 Å². The Kier molecular flexibility index (Phi) is 7.86. The molecule has 0 saturated carbocycles. The molecule has 3 rings (SSSR count). The smallest absolute Gasteiger partial charge is 0.326 e. The van der Waals surface area contributed by atoms with E-state index in [-0.39, 0.29) is 24.5 Å². The van der Waals surface area contributed by atoms with Crippen LogP contribution in [-0.2, 0) is 20.8 Å². The quantitative estimate of drug-likeness (QED) is 0.451. The molecule has 164 valence electrons. The van der Waals surface area contributed by atoms with Crippen LogP contribution >= 0.6 is 24.4 Å². The van der Waals surface area contributed by atoms with Crippen molar-refractivity contribution in [3.63, 3.8) is 0 Å². The van der Waals surface area contributed by atoms with Crippen molar-refractivity contribution in [1.29, 1.82) is 0 Å². The number of carbonyl (C=O) groups excluding carboxylic acids is 2. The Hall–Kier alpha value is -2.65. The number of phenols is 1. The number of carboxylic acid groups (broad SMARTS) is 1. The molecule has 1 heterocycles. The lowest BCUT2D eigenvalue weighted by atomic mass is 10.1. The van der Waals surface area contributed by atoms with E-state index >= 15 is 0 Å². The summed E-state index contributed by atoms with van der Waals surface area (Å²) in [6.07, 6.45) is 0.263. The number of carbonyl (C=O) groups is 3. The summed E-state index contributed by atoms with van der Waals surface area (Å²) in [6.45, 7) is 0. The number of para-hydroxylation sites is 1. The minimum Gasteiger partial charge on any atom is -0.508 e. The van der Waals surface area contributed by atoms with Gasteiger partial charge in [-0.3, -0.25) is 9.59 Å². The van der Waals surface area contributed by atoms with Crippen molar-refractivity contribution >= 4 is 42.2 Å². The zero-order chi connectivity index (χ0) is 22.4. The van der Waals surface area contributed by atoms with Gasteiger partial charge in [0.05, 0.1) is 0 Å². The van der Waals surface area contributed by atoms with Crippen molar-refractivity contribution in [2.75, 3.05) is 11.5 Å². The monoisotopic (exact) mass is 460 g/mol.